The van der Waals surface area contributed by atoms with Crippen LogP contribution in [-0.4, -0.2) is 33.2 Å². The minimum absolute atomic E-state index is 0.0682. The monoisotopic (exact) mass is 428 g/mol. The third kappa shape index (κ3) is 4.67. The summed E-state index contributed by atoms with van der Waals surface area (Å²) in [5.74, 6) is -0.957. The van der Waals surface area contributed by atoms with Gasteiger partial charge in [-0.25, -0.2) is 14.5 Å². The lowest BCUT2D eigenvalue weighted by Crippen LogP contribution is -2.28. The molecule has 0 unspecified atom stereocenters. The first-order valence-corrected chi connectivity index (χ1v) is 10.4. The smallest absolute Gasteiger partial charge is 0.339 e. The van der Waals surface area contributed by atoms with Crippen LogP contribution in [0, 0.1) is 0 Å². The van der Waals surface area contributed by atoms with Crippen LogP contribution in [0.1, 0.15) is 35.8 Å². The fourth-order valence-corrected chi connectivity index (χ4v) is 3.38. The number of aromatic nitrogens is 3. The van der Waals surface area contributed by atoms with Crippen molar-refractivity contribution in [3.05, 3.63) is 84.1 Å². The van der Waals surface area contributed by atoms with Gasteiger partial charge < -0.3 is 10.1 Å². The van der Waals surface area contributed by atoms with E-state index in [1.54, 1.807) is 16.9 Å². The number of hydrogen-bond acceptors (Lipinski definition) is 5. The fraction of sp³-hybridized carbons (Fsp3) is 0.200. The van der Waals surface area contributed by atoms with Gasteiger partial charge in [0.2, 0.25) is 0 Å². The molecule has 0 aliphatic rings. The van der Waals surface area contributed by atoms with Crippen LogP contribution in [0.4, 0.5) is 0 Å². The van der Waals surface area contributed by atoms with E-state index in [1.165, 1.54) is 0 Å². The summed E-state index contributed by atoms with van der Waals surface area (Å²) in [4.78, 5) is 29.9. The largest absolute Gasteiger partial charge is 0.452 e. The Balaban J connectivity index is 1.55. The minimum Gasteiger partial charge on any atom is -0.452 e. The van der Waals surface area contributed by atoms with Gasteiger partial charge in [-0.2, -0.15) is 5.10 Å². The number of benzene rings is 2. The molecule has 0 saturated heterocycles. The molecule has 0 fully saturated rings. The van der Waals surface area contributed by atoms with Crippen LogP contribution in [0.5, 0.6) is 0 Å². The van der Waals surface area contributed by atoms with E-state index in [2.05, 4.69) is 10.4 Å². The molecule has 2 aromatic carbocycles. The van der Waals surface area contributed by atoms with Crippen molar-refractivity contribution in [1.29, 1.82) is 0 Å². The van der Waals surface area contributed by atoms with Crippen molar-refractivity contribution >= 4 is 22.9 Å². The fourth-order valence-electron chi connectivity index (χ4n) is 3.38. The van der Waals surface area contributed by atoms with Crippen molar-refractivity contribution in [1.82, 2.24) is 20.1 Å². The van der Waals surface area contributed by atoms with E-state index in [0.717, 1.165) is 11.1 Å². The second kappa shape index (κ2) is 9.43. The highest BCUT2D eigenvalue weighted by Gasteiger charge is 2.20. The van der Waals surface area contributed by atoms with Crippen molar-refractivity contribution in [3.8, 4) is 11.3 Å². The Morgan fingerprint density at radius 3 is 2.41 bits per heavy atom. The molecule has 4 aromatic rings. The third-order valence-corrected chi connectivity index (χ3v) is 5.01. The van der Waals surface area contributed by atoms with E-state index < -0.39 is 5.97 Å². The molecule has 7 nitrogen and oxygen atoms in total. The molecule has 32 heavy (non-hydrogen) atoms. The van der Waals surface area contributed by atoms with Crippen molar-refractivity contribution < 1.29 is 14.3 Å². The number of nitrogens with zero attached hydrogens (tertiary/aromatic N) is 3. The topological polar surface area (TPSA) is 86.1 Å². The number of rotatable bonds is 7. The van der Waals surface area contributed by atoms with Gasteiger partial charge in [-0.1, -0.05) is 60.7 Å². The predicted molar refractivity (Wildman–Crippen MR) is 122 cm³/mol. The quantitative estimate of drug-likeness (QED) is 0.447. The van der Waals surface area contributed by atoms with Crippen molar-refractivity contribution in [2.75, 3.05) is 6.61 Å². The molecule has 162 valence electrons. The Hall–Kier alpha value is -4.00. The zero-order valence-corrected chi connectivity index (χ0v) is 18.0. The SMILES string of the molecule is CC(C)n1ncc2c(C(=O)OCC(=O)NCc3ccccc3)cc(-c3ccccc3)nc21. The number of carbonyl (C=O) groups excluding carboxylic acids is 2. The Kier molecular flexibility index (Phi) is 6.26. The molecule has 7 heteroatoms. The van der Waals surface area contributed by atoms with E-state index in [4.69, 9.17) is 9.72 Å². The molecule has 4 rings (SSSR count). The average Bonchev–Trinajstić information content (AvgIpc) is 3.26. The molecular weight excluding hydrogens is 404 g/mol. The molecule has 1 amide bonds. The van der Waals surface area contributed by atoms with E-state index in [-0.39, 0.29) is 18.6 Å². The molecule has 0 aliphatic heterocycles. The van der Waals surface area contributed by atoms with Gasteiger partial charge in [-0.05, 0) is 25.5 Å². The molecule has 0 aliphatic carbocycles. The Morgan fingerprint density at radius 1 is 1.03 bits per heavy atom. The molecule has 2 heterocycles. The summed E-state index contributed by atoms with van der Waals surface area (Å²) < 4.78 is 7.10. The highest BCUT2D eigenvalue weighted by molar-refractivity contribution is 6.04. The van der Waals surface area contributed by atoms with Crippen LogP contribution in [0.2, 0.25) is 0 Å². The molecule has 1 N–H and O–H groups in total. The lowest BCUT2D eigenvalue weighted by molar-refractivity contribution is -0.124. The first-order chi connectivity index (χ1) is 15.5. The van der Waals surface area contributed by atoms with Gasteiger partial charge in [0.05, 0.1) is 22.8 Å². The summed E-state index contributed by atoms with van der Waals surface area (Å²) in [7, 11) is 0. The number of pyridine rings is 1. The zero-order chi connectivity index (χ0) is 22.5. The van der Waals surface area contributed by atoms with E-state index in [0.29, 0.717) is 28.8 Å². The molecule has 0 saturated carbocycles. The number of carbonyl (C=O) groups is 2. The second-order valence-corrected chi connectivity index (χ2v) is 7.68. The zero-order valence-electron chi connectivity index (χ0n) is 18.0. The number of ether oxygens (including phenoxy) is 1. The van der Waals surface area contributed by atoms with Gasteiger partial charge in [0, 0.05) is 18.2 Å². The van der Waals surface area contributed by atoms with Crippen LogP contribution < -0.4 is 5.32 Å². The van der Waals surface area contributed by atoms with Crippen LogP contribution in [0.15, 0.2) is 72.9 Å². The number of fused-ring (bicyclic) bond motifs is 1. The summed E-state index contributed by atoms with van der Waals surface area (Å²) in [6.07, 6.45) is 1.61. The van der Waals surface area contributed by atoms with Gasteiger partial charge in [0.15, 0.2) is 12.3 Å². The lowest BCUT2D eigenvalue weighted by atomic mass is 10.1. The average molecular weight is 428 g/mol. The Morgan fingerprint density at radius 2 is 1.72 bits per heavy atom. The summed E-state index contributed by atoms with van der Waals surface area (Å²) in [5.41, 5.74) is 3.41. The Bertz CT molecular complexity index is 1230. The first kappa shape index (κ1) is 21.2. The Labute approximate surface area is 186 Å². The molecule has 2 aromatic heterocycles. The third-order valence-electron chi connectivity index (χ3n) is 5.01. The van der Waals surface area contributed by atoms with Gasteiger partial charge in [0.1, 0.15) is 0 Å². The van der Waals surface area contributed by atoms with Gasteiger partial charge in [-0.3, -0.25) is 4.79 Å². The van der Waals surface area contributed by atoms with Crippen molar-refractivity contribution in [2.45, 2.75) is 26.4 Å². The minimum atomic E-state index is -0.590. The summed E-state index contributed by atoms with van der Waals surface area (Å²) in [6.45, 7) is 4.00. The maximum Gasteiger partial charge on any atom is 0.339 e. The van der Waals surface area contributed by atoms with Crippen LogP contribution >= 0.6 is 0 Å². The summed E-state index contributed by atoms with van der Waals surface area (Å²) in [5, 5.41) is 7.74. The van der Waals surface area contributed by atoms with E-state index in [9.17, 15) is 9.59 Å². The van der Waals surface area contributed by atoms with Crippen LogP contribution in [-0.2, 0) is 16.1 Å². The van der Waals surface area contributed by atoms with E-state index >= 15 is 0 Å². The van der Waals surface area contributed by atoms with E-state index in [1.807, 2.05) is 74.5 Å². The van der Waals surface area contributed by atoms with Crippen LogP contribution in [0.3, 0.4) is 0 Å². The second-order valence-electron chi connectivity index (χ2n) is 7.68. The molecular formula is C25H24N4O3. The molecule has 0 radical (unpaired) electrons. The van der Waals surface area contributed by atoms with Gasteiger partial charge >= 0.3 is 5.97 Å². The lowest BCUT2D eigenvalue weighted by Gasteiger charge is -2.11. The van der Waals surface area contributed by atoms with Crippen molar-refractivity contribution in [3.63, 3.8) is 0 Å². The highest BCUT2D eigenvalue weighted by Crippen LogP contribution is 2.26. The van der Waals surface area contributed by atoms with Gasteiger partial charge in [-0.15, -0.1) is 0 Å². The standard InChI is InChI=1S/C25H24N4O3/c1-17(2)29-24-21(15-27-29)20(13-22(28-24)19-11-7-4-8-12-19)25(31)32-16-23(30)26-14-18-9-5-3-6-10-18/h3-13,15,17H,14,16H2,1-2H3,(H,26,30). The number of amides is 1. The summed E-state index contributed by atoms with van der Waals surface area (Å²) in [6, 6.07) is 20.9. The normalized spacial score (nSPS) is 11.0. The van der Waals surface area contributed by atoms with Crippen molar-refractivity contribution in [2.24, 2.45) is 0 Å². The predicted octanol–water partition coefficient (Wildman–Crippen LogP) is 4.15. The maximum atomic E-state index is 12.9. The summed E-state index contributed by atoms with van der Waals surface area (Å²) >= 11 is 0. The van der Waals surface area contributed by atoms with Gasteiger partial charge in [0.25, 0.3) is 5.91 Å². The highest BCUT2D eigenvalue weighted by atomic mass is 16.5. The maximum absolute atomic E-state index is 12.9. The molecule has 0 bridgehead atoms. The molecule has 0 atom stereocenters. The number of esters is 1. The number of nitrogens with one attached hydrogen (secondary N) is 1. The van der Waals surface area contributed by atoms with Crippen LogP contribution in [0.25, 0.3) is 22.3 Å². The number of hydrogen-bond donors (Lipinski definition) is 1. The molecule has 0 spiro atoms. The first-order valence-electron chi connectivity index (χ1n) is 10.4.